The summed E-state index contributed by atoms with van der Waals surface area (Å²) in [4.78, 5) is 14.0. The number of para-hydroxylation sites is 1. The minimum absolute atomic E-state index is 0.119. The molecule has 1 heterocycles. The maximum atomic E-state index is 14.6. The maximum absolute atomic E-state index is 14.6. The monoisotopic (exact) mass is 395 g/mol. The van der Waals surface area contributed by atoms with E-state index in [0.29, 0.717) is 18.5 Å². The van der Waals surface area contributed by atoms with Gasteiger partial charge in [-0.25, -0.2) is 13.2 Å². The first-order valence-electron chi connectivity index (χ1n) is 9.10. The van der Waals surface area contributed by atoms with Gasteiger partial charge in [-0.05, 0) is 31.0 Å². The van der Waals surface area contributed by atoms with Crippen LogP contribution in [0.2, 0.25) is 0 Å². The van der Waals surface area contributed by atoms with Crippen molar-refractivity contribution in [1.82, 2.24) is 0 Å². The zero-order valence-corrected chi connectivity index (χ0v) is 15.3. The van der Waals surface area contributed by atoms with Crippen LogP contribution in [0.1, 0.15) is 30.7 Å². The minimum Gasteiger partial charge on any atom is -0.384 e. The number of carbonyl (C=O) groups is 1. The molecule has 2 aromatic rings. The average molecular weight is 395 g/mol. The molecule has 1 atom stereocenters. The van der Waals surface area contributed by atoms with Crippen molar-refractivity contribution in [3.8, 4) is 6.07 Å². The Balaban J connectivity index is 2.04. The molecule has 2 N–H and O–H groups in total. The summed E-state index contributed by atoms with van der Waals surface area (Å²) in [5.74, 6) is -3.86. The third kappa shape index (κ3) is 2.88. The molecule has 0 amide bonds. The van der Waals surface area contributed by atoms with Gasteiger partial charge < -0.3 is 5.73 Å². The molecule has 1 aliphatic heterocycles. The number of carbonyl (C=O) groups excluding carboxylic acids is 1. The number of hydrogen-bond donors (Lipinski definition) is 1. The van der Waals surface area contributed by atoms with Gasteiger partial charge >= 0.3 is 0 Å². The molecule has 29 heavy (non-hydrogen) atoms. The third-order valence-electron chi connectivity index (χ3n) is 5.29. The van der Waals surface area contributed by atoms with Crippen LogP contribution < -0.4 is 10.6 Å². The molecule has 146 valence electrons. The van der Waals surface area contributed by atoms with E-state index in [1.165, 1.54) is 24.3 Å². The van der Waals surface area contributed by atoms with Gasteiger partial charge in [-0.2, -0.15) is 5.26 Å². The van der Waals surface area contributed by atoms with Gasteiger partial charge in [0.25, 0.3) is 0 Å². The fraction of sp³-hybridized carbons (Fsp3) is 0.182. The number of nitriles is 1. The SMILES string of the molecule is N#CC1=C(N)N(c2c(F)cccc2F)C2=C(C(=O)CCC2)[C@H]1c1ccccc1F. The molecular weight excluding hydrogens is 379 g/mol. The molecule has 4 nitrogen and oxygen atoms in total. The van der Waals surface area contributed by atoms with Gasteiger partial charge in [0.2, 0.25) is 0 Å². The largest absolute Gasteiger partial charge is 0.384 e. The second-order valence-corrected chi connectivity index (χ2v) is 6.91. The predicted molar refractivity (Wildman–Crippen MR) is 101 cm³/mol. The van der Waals surface area contributed by atoms with Gasteiger partial charge in [0.05, 0.1) is 17.6 Å². The van der Waals surface area contributed by atoms with Crippen molar-refractivity contribution in [3.63, 3.8) is 0 Å². The van der Waals surface area contributed by atoms with E-state index in [1.807, 2.05) is 6.07 Å². The third-order valence-corrected chi connectivity index (χ3v) is 5.29. The normalized spacial score (nSPS) is 19.3. The molecule has 0 fully saturated rings. The van der Waals surface area contributed by atoms with Gasteiger partial charge in [-0.3, -0.25) is 9.69 Å². The summed E-state index contributed by atoms with van der Waals surface area (Å²) in [5.41, 5.74) is 6.24. The van der Waals surface area contributed by atoms with Crippen LogP contribution in [0, 0.1) is 28.8 Å². The van der Waals surface area contributed by atoms with Crippen LogP contribution in [-0.2, 0) is 4.79 Å². The van der Waals surface area contributed by atoms with E-state index in [1.54, 1.807) is 6.07 Å². The molecule has 1 aliphatic carbocycles. The summed E-state index contributed by atoms with van der Waals surface area (Å²) in [6.07, 6.45) is 0.985. The predicted octanol–water partition coefficient (Wildman–Crippen LogP) is 4.41. The van der Waals surface area contributed by atoms with E-state index in [2.05, 4.69) is 0 Å². The number of allylic oxidation sites excluding steroid dienone is 3. The Morgan fingerprint density at radius 1 is 1.00 bits per heavy atom. The van der Waals surface area contributed by atoms with E-state index in [-0.39, 0.29) is 34.7 Å². The number of hydrogen-bond acceptors (Lipinski definition) is 4. The molecule has 2 aliphatic rings. The fourth-order valence-electron chi connectivity index (χ4n) is 4.06. The van der Waals surface area contributed by atoms with Crippen LogP contribution in [0.5, 0.6) is 0 Å². The van der Waals surface area contributed by atoms with Crippen LogP contribution in [0.4, 0.5) is 18.9 Å². The zero-order valence-electron chi connectivity index (χ0n) is 15.3. The molecule has 0 radical (unpaired) electrons. The summed E-state index contributed by atoms with van der Waals surface area (Å²) in [6.45, 7) is 0. The Morgan fingerprint density at radius 3 is 2.31 bits per heavy atom. The van der Waals surface area contributed by atoms with E-state index >= 15 is 0 Å². The second kappa shape index (κ2) is 7.13. The minimum atomic E-state index is -1.02. The lowest BCUT2D eigenvalue weighted by Crippen LogP contribution is -2.39. The van der Waals surface area contributed by atoms with Gasteiger partial charge in [0, 0.05) is 23.3 Å². The number of rotatable bonds is 2. The Kier molecular flexibility index (Phi) is 4.63. The summed E-state index contributed by atoms with van der Waals surface area (Å²) in [7, 11) is 0. The van der Waals surface area contributed by atoms with Gasteiger partial charge in [0.15, 0.2) is 5.78 Å². The highest BCUT2D eigenvalue weighted by molar-refractivity contribution is 6.01. The topological polar surface area (TPSA) is 70.1 Å². The van der Waals surface area contributed by atoms with Crippen molar-refractivity contribution in [3.05, 3.63) is 88.1 Å². The highest BCUT2D eigenvalue weighted by atomic mass is 19.1. The van der Waals surface area contributed by atoms with Gasteiger partial charge in [0.1, 0.15) is 29.0 Å². The number of ketones is 1. The summed E-state index contributed by atoms with van der Waals surface area (Å²) in [5, 5.41) is 9.81. The van der Waals surface area contributed by atoms with Crippen molar-refractivity contribution in [1.29, 1.82) is 5.26 Å². The first kappa shape index (κ1) is 18.8. The molecular formula is C22H16F3N3O. The quantitative estimate of drug-likeness (QED) is 0.818. The number of benzene rings is 2. The van der Waals surface area contributed by atoms with Crippen molar-refractivity contribution in [2.45, 2.75) is 25.2 Å². The molecule has 2 aromatic carbocycles. The molecule has 0 saturated carbocycles. The van der Waals surface area contributed by atoms with Crippen LogP contribution >= 0.6 is 0 Å². The summed E-state index contributed by atoms with van der Waals surface area (Å²) in [6, 6.07) is 11.1. The molecule has 0 saturated heterocycles. The molecule has 0 unspecified atom stereocenters. The average Bonchev–Trinajstić information content (AvgIpc) is 2.69. The van der Waals surface area contributed by atoms with E-state index in [9.17, 15) is 23.2 Å². The lowest BCUT2D eigenvalue weighted by atomic mass is 9.75. The van der Waals surface area contributed by atoms with Crippen LogP contribution in [-0.4, -0.2) is 5.78 Å². The van der Waals surface area contributed by atoms with E-state index < -0.39 is 29.1 Å². The Bertz CT molecular complexity index is 1110. The van der Waals surface area contributed by atoms with Crippen molar-refractivity contribution in [2.75, 3.05) is 4.90 Å². The van der Waals surface area contributed by atoms with Crippen LogP contribution in [0.25, 0.3) is 0 Å². The second-order valence-electron chi connectivity index (χ2n) is 6.91. The van der Waals surface area contributed by atoms with E-state index in [4.69, 9.17) is 5.73 Å². The molecule has 0 aromatic heterocycles. The molecule has 0 bridgehead atoms. The Morgan fingerprint density at radius 2 is 1.66 bits per heavy atom. The number of nitrogens with two attached hydrogens (primary N) is 1. The zero-order chi connectivity index (χ0) is 20.7. The van der Waals surface area contributed by atoms with Crippen LogP contribution in [0.15, 0.2) is 65.1 Å². The summed E-state index contributed by atoms with van der Waals surface area (Å²) < 4.78 is 43.7. The Hall–Kier alpha value is -3.53. The van der Waals surface area contributed by atoms with Crippen molar-refractivity contribution < 1.29 is 18.0 Å². The lowest BCUT2D eigenvalue weighted by molar-refractivity contribution is -0.116. The highest BCUT2D eigenvalue weighted by Gasteiger charge is 2.42. The first-order valence-corrected chi connectivity index (χ1v) is 9.10. The standard InChI is InChI=1S/C22H16F3N3O/c23-14-6-2-1-5-12(14)19-13(11-26)22(27)28(17-9-4-10-18(29)20(17)19)21-15(24)7-3-8-16(21)25/h1-3,5-8,19H,4,9-10,27H2/t19-/m0/s1. The van der Waals surface area contributed by atoms with Crippen LogP contribution in [0.3, 0.4) is 0 Å². The fourth-order valence-corrected chi connectivity index (χ4v) is 4.06. The number of anilines is 1. The van der Waals surface area contributed by atoms with Gasteiger partial charge in [-0.15, -0.1) is 0 Å². The number of halogens is 3. The smallest absolute Gasteiger partial charge is 0.161 e. The summed E-state index contributed by atoms with van der Waals surface area (Å²) >= 11 is 0. The maximum Gasteiger partial charge on any atom is 0.161 e. The van der Waals surface area contributed by atoms with Crippen molar-refractivity contribution in [2.24, 2.45) is 5.73 Å². The number of Topliss-reactive ketones (excluding diaryl/α,β-unsaturated/α-hetero) is 1. The van der Waals surface area contributed by atoms with Gasteiger partial charge in [-0.1, -0.05) is 24.3 Å². The molecule has 4 rings (SSSR count). The lowest BCUT2D eigenvalue weighted by Gasteiger charge is -2.39. The van der Waals surface area contributed by atoms with Crippen molar-refractivity contribution >= 4 is 11.5 Å². The van der Waals surface area contributed by atoms with E-state index in [0.717, 1.165) is 17.0 Å². The number of nitrogens with zero attached hydrogens (tertiary/aromatic N) is 2. The molecule has 7 heteroatoms. The highest BCUT2D eigenvalue weighted by Crippen LogP contribution is 2.47. The first-order chi connectivity index (χ1) is 14.0. The Labute approximate surface area is 165 Å². The molecule has 0 spiro atoms.